The number of nitrogens with zero attached hydrogens (tertiary/aromatic N) is 1. The van der Waals surface area contributed by atoms with Gasteiger partial charge in [0.25, 0.3) is 0 Å². The molecule has 7 heteroatoms. The molecule has 1 aliphatic rings. The van der Waals surface area contributed by atoms with E-state index in [-0.39, 0.29) is 37.4 Å². The lowest BCUT2D eigenvalue weighted by Gasteiger charge is -2.37. The lowest BCUT2D eigenvalue weighted by atomic mass is 9.99. The van der Waals surface area contributed by atoms with Gasteiger partial charge >= 0.3 is 6.18 Å². The third kappa shape index (κ3) is 4.66. The van der Waals surface area contributed by atoms with Crippen LogP contribution in [-0.2, 0) is 12.7 Å². The first-order valence-electron chi connectivity index (χ1n) is 6.60. The summed E-state index contributed by atoms with van der Waals surface area (Å²) in [7, 11) is 0. The molecule has 1 unspecified atom stereocenters. The van der Waals surface area contributed by atoms with Crippen LogP contribution in [0.3, 0.4) is 0 Å². The van der Waals surface area contributed by atoms with Gasteiger partial charge in [0.15, 0.2) is 0 Å². The number of rotatable bonds is 2. The number of nitrogens with two attached hydrogens (primary N) is 1. The normalized spacial score (nSPS) is 18.7. The molecule has 2 rings (SSSR count). The summed E-state index contributed by atoms with van der Waals surface area (Å²) in [6.07, 6.45) is -1.14. The maximum Gasteiger partial charge on any atom is 0.416 e. The molecule has 1 atom stereocenters. The average molecular weight is 345 g/mol. The summed E-state index contributed by atoms with van der Waals surface area (Å²) in [6.45, 7) is 3.12. The number of halogens is 5. The van der Waals surface area contributed by atoms with Gasteiger partial charge in [0, 0.05) is 24.8 Å². The number of piperidine rings is 1. The second-order valence-corrected chi connectivity index (χ2v) is 5.08. The quantitative estimate of drug-likeness (QED) is 0.862. The van der Waals surface area contributed by atoms with Crippen molar-refractivity contribution in [3.05, 3.63) is 29.3 Å². The summed E-state index contributed by atoms with van der Waals surface area (Å²) in [5.41, 5.74) is 6.48. The Balaban J connectivity index is 0.00000200. The van der Waals surface area contributed by atoms with Crippen LogP contribution >= 0.6 is 24.8 Å². The average Bonchev–Trinajstić information content (AvgIpc) is 2.37. The second kappa shape index (κ2) is 8.11. The minimum Gasteiger partial charge on any atom is -0.369 e. The molecule has 1 aliphatic heterocycles. The summed E-state index contributed by atoms with van der Waals surface area (Å²) in [4.78, 5) is 2.06. The van der Waals surface area contributed by atoms with Crippen molar-refractivity contribution < 1.29 is 13.2 Å². The molecule has 0 bridgehead atoms. The Labute approximate surface area is 135 Å². The summed E-state index contributed by atoms with van der Waals surface area (Å²) >= 11 is 0. The minimum atomic E-state index is -4.30. The molecule has 1 saturated heterocycles. The third-order valence-corrected chi connectivity index (χ3v) is 3.74. The molecule has 0 radical (unpaired) electrons. The van der Waals surface area contributed by atoms with Gasteiger partial charge < -0.3 is 10.6 Å². The maximum atomic E-state index is 12.8. The Kier molecular flexibility index (Phi) is 7.86. The molecular formula is C14H21Cl2F3N2. The third-order valence-electron chi connectivity index (χ3n) is 3.74. The van der Waals surface area contributed by atoms with E-state index in [0.717, 1.165) is 37.4 Å². The van der Waals surface area contributed by atoms with E-state index < -0.39 is 11.7 Å². The van der Waals surface area contributed by atoms with E-state index in [1.165, 1.54) is 12.1 Å². The molecule has 1 aromatic rings. The van der Waals surface area contributed by atoms with Crippen LogP contribution in [0.15, 0.2) is 18.2 Å². The summed E-state index contributed by atoms with van der Waals surface area (Å²) in [5, 5.41) is 0. The van der Waals surface area contributed by atoms with E-state index in [9.17, 15) is 13.2 Å². The minimum absolute atomic E-state index is 0. The smallest absolute Gasteiger partial charge is 0.369 e. The van der Waals surface area contributed by atoms with Crippen LogP contribution < -0.4 is 10.6 Å². The van der Waals surface area contributed by atoms with Crippen molar-refractivity contribution in [2.75, 3.05) is 11.4 Å². The predicted molar refractivity (Wildman–Crippen MR) is 84.5 cm³/mol. The highest BCUT2D eigenvalue weighted by atomic mass is 35.5. The summed E-state index contributed by atoms with van der Waals surface area (Å²) in [5.74, 6) is 0. The summed E-state index contributed by atoms with van der Waals surface area (Å²) in [6, 6.07) is 4.12. The van der Waals surface area contributed by atoms with Crippen LogP contribution in [-0.4, -0.2) is 12.6 Å². The van der Waals surface area contributed by atoms with Gasteiger partial charge in [-0.05, 0) is 43.9 Å². The van der Waals surface area contributed by atoms with E-state index in [2.05, 4.69) is 11.8 Å². The second-order valence-electron chi connectivity index (χ2n) is 5.08. The Morgan fingerprint density at radius 2 is 1.90 bits per heavy atom. The molecule has 122 valence electrons. The molecule has 0 amide bonds. The molecule has 2 N–H and O–H groups in total. The molecule has 1 aromatic carbocycles. The van der Waals surface area contributed by atoms with Crippen molar-refractivity contribution in [1.29, 1.82) is 0 Å². The van der Waals surface area contributed by atoms with Crippen LogP contribution in [0, 0.1) is 0 Å². The van der Waals surface area contributed by atoms with Crippen molar-refractivity contribution in [1.82, 2.24) is 0 Å². The van der Waals surface area contributed by atoms with Gasteiger partial charge in [-0.15, -0.1) is 24.8 Å². The Morgan fingerprint density at radius 1 is 1.24 bits per heavy atom. The van der Waals surface area contributed by atoms with Crippen molar-refractivity contribution in [3.63, 3.8) is 0 Å². The largest absolute Gasteiger partial charge is 0.416 e. The van der Waals surface area contributed by atoms with E-state index in [0.29, 0.717) is 5.69 Å². The van der Waals surface area contributed by atoms with E-state index in [1.54, 1.807) is 0 Å². The monoisotopic (exact) mass is 344 g/mol. The number of alkyl halides is 3. The molecule has 0 spiro atoms. The van der Waals surface area contributed by atoms with Crippen molar-refractivity contribution in [3.8, 4) is 0 Å². The van der Waals surface area contributed by atoms with Crippen LogP contribution in [0.4, 0.5) is 18.9 Å². The first kappa shape index (κ1) is 20.3. The SMILES string of the molecule is CC1CCCCN1c1cc(C(F)(F)F)ccc1CN.Cl.Cl. The zero-order valence-electron chi connectivity index (χ0n) is 11.8. The van der Waals surface area contributed by atoms with Crippen LogP contribution in [0.25, 0.3) is 0 Å². The standard InChI is InChI=1S/C14H19F3N2.2ClH/c1-10-4-2-3-7-19(10)13-8-12(14(15,16)17)6-5-11(13)9-18;;/h5-6,8,10H,2-4,7,9,18H2,1H3;2*1H. The molecule has 1 fully saturated rings. The fraction of sp³-hybridized carbons (Fsp3) is 0.571. The molecule has 0 saturated carbocycles. The highest BCUT2D eigenvalue weighted by molar-refractivity contribution is 5.85. The fourth-order valence-electron chi connectivity index (χ4n) is 2.64. The topological polar surface area (TPSA) is 29.3 Å². The maximum absolute atomic E-state index is 12.8. The lowest BCUT2D eigenvalue weighted by molar-refractivity contribution is -0.137. The summed E-state index contributed by atoms with van der Waals surface area (Å²) < 4.78 is 38.5. The van der Waals surface area contributed by atoms with Crippen molar-refractivity contribution in [2.24, 2.45) is 5.73 Å². The number of anilines is 1. The van der Waals surface area contributed by atoms with E-state index >= 15 is 0 Å². The van der Waals surface area contributed by atoms with Gasteiger partial charge in [-0.25, -0.2) is 0 Å². The van der Waals surface area contributed by atoms with Gasteiger partial charge in [0.1, 0.15) is 0 Å². The van der Waals surface area contributed by atoms with Gasteiger partial charge in [-0.3, -0.25) is 0 Å². The van der Waals surface area contributed by atoms with Crippen molar-refractivity contribution >= 4 is 30.5 Å². The first-order chi connectivity index (χ1) is 8.93. The van der Waals surface area contributed by atoms with Crippen molar-refractivity contribution in [2.45, 2.75) is 44.9 Å². The fourth-order valence-corrected chi connectivity index (χ4v) is 2.64. The lowest BCUT2D eigenvalue weighted by Crippen LogP contribution is -2.38. The van der Waals surface area contributed by atoms with Gasteiger partial charge in [-0.1, -0.05) is 6.07 Å². The Morgan fingerprint density at radius 3 is 2.43 bits per heavy atom. The van der Waals surface area contributed by atoms with Gasteiger partial charge in [0.05, 0.1) is 5.56 Å². The van der Waals surface area contributed by atoms with Crippen LogP contribution in [0.1, 0.15) is 37.3 Å². The van der Waals surface area contributed by atoms with Gasteiger partial charge in [-0.2, -0.15) is 13.2 Å². The number of benzene rings is 1. The molecular weight excluding hydrogens is 324 g/mol. The van der Waals surface area contributed by atoms with E-state index in [1.807, 2.05) is 0 Å². The molecule has 0 aliphatic carbocycles. The zero-order chi connectivity index (χ0) is 14.0. The molecule has 0 aromatic heterocycles. The van der Waals surface area contributed by atoms with Crippen LogP contribution in [0.5, 0.6) is 0 Å². The highest BCUT2D eigenvalue weighted by Gasteiger charge is 2.32. The number of hydrogen-bond acceptors (Lipinski definition) is 2. The molecule has 2 nitrogen and oxygen atoms in total. The Hall–Kier alpha value is -0.650. The number of hydrogen-bond donors (Lipinski definition) is 1. The van der Waals surface area contributed by atoms with Crippen LogP contribution in [0.2, 0.25) is 0 Å². The zero-order valence-corrected chi connectivity index (χ0v) is 13.5. The van der Waals surface area contributed by atoms with Gasteiger partial charge in [0.2, 0.25) is 0 Å². The molecule has 21 heavy (non-hydrogen) atoms. The van der Waals surface area contributed by atoms with E-state index in [4.69, 9.17) is 5.73 Å². The first-order valence-corrected chi connectivity index (χ1v) is 6.60. The predicted octanol–water partition coefficient (Wildman–Crippen LogP) is 4.39. The Bertz CT molecular complexity index is 452. The molecule has 1 heterocycles. The highest BCUT2D eigenvalue weighted by Crippen LogP contribution is 2.35.